The topological polar surface area (TPSA) is 49.4 Å². The smallest absolute Gasteiger partial charge is 0.243 e. The summed E-state index contributed by atoms with van der Waals surface area (Å²) in [7, 11) is -1.70. The van der Waals surface area contributed by atoms with Gasteiger partial charge >= 0.3 is 0 Å². The van der Waals surface area contributed by atoms with Crippen LogP contribution in [0.5, 0.6) is 0 Å². The molecule has 6 heteroatoms. The monoisotopic (exact) mass is 328 g/mol. The molecule has 0 spiro atoms. The van der Waals surface area contributed by atoms with E-state index in [0.29, 0.717) is 11.4 Å². The summed E-state index contributed by atoms with van der Waals surface area (Å²) in [4.78, 5) is 0.438. The van der Waals surface area contributed by atoms with Crippen LogP contribution in [0.1, 0.15) is 25.3 Å². The van der Waals surface area contributed by atoms with Crippen LogP contribution in [-0.2, 0) is 16.6 Å². The van der Waals surface area contributed by atoms with Crippen molar-refractivity contribution < 1.29 is 8.42 Å². The zero-order chi connectivity index (χ0) is 15.3. The Kier molecular flexibility index (Phi) is 6.10. The van der Waals surface area contributed by atoms with Crippen molar-refractivity contribution in [3.8, 4) is 0 Å². The van der Waals surface area contributed by atoms with Crippen molar-refractivity contribution in [1.82, 2.24) is 9.62 Å². The molecule has 1 heterocycles. The Balaban J connectivity index is 2.22. The summed E-state index contributed by atoms with van der Waals surface area (Å²) in [6.07, 6.45) is 1.98. The third-order valence-corrected chi connectivity index (χ3v) is 6.95. The lowest BCUT2D eigenvalue weighted by Crippen LogP contribution is -2.37. The van der Waals surface area contributed by atoms with E-state index in [9.17, 15) is 8.42 Å². The highest BCUT2D eigenvalue weighted by molar-refractivity contribution is 7.99. The number of benzene rings is 1. The fraction of sp³-hybridized carbons (Fsp3) is 0.600. The van der Waals surface area contributed by atoms with Crippen LogP contribution in [0, 0.1) is 0 Å². The summed E-state index contributed by atoms with van der Waals surface area (Å²) in [5.74, 6) is 1.94. The zero-order valence-corrected chi connectivity index (χ0v) is 14.3. The average Bonchev–Trinajstić information content (AvgIpc) is 3.01. The van der Waals surface area contributed by atoms with Crippen molar-refractivity contribution in [2.75, 3.05) is 25.1 Å². The molecule has 21 heavy (non-hydrogen) atoms. The molecule has 1 fully saturated rings. The summed E-state index contributed by atoms with van der Waals surface area (Å²) in [6.45, 7) is 3.58. The summed E-state index contributed by atoms with van der Waals surface area (Å²) >= 11 is 1.82. The van der Waals surface area contributed by atoms with Gasteiger partial charge in [0.2, 0.25) is 10.0 Å². The van der Waals surface area contributed by atoms with Crippen LogP contribution in [0.15, 0.2) is 29.2 Å². The fourth-order valence-corrected chi connectivity index (χ4v) is 5.43. The molecule has 1 unspecified atom stereocenters. The van der Waals surface area contributed by atoms with Crippen LogP contribution >= 0.6 is 11.8 Å². The van der Waals surface area contributed by atoms with Gasteiger partial charge in [-0.2, -0.15) is 16.1 Å². The lowest BCUT2D eigenvalue weighted by Gasteiger charge is -2.24. The minimum atomic E-state index is -3.41. The second-order valence-electron chi connectivity index (χ2n) is 5.32. The highest BCUT2D eigenvalue weighted by Gasteiger charge is 2.31. The SMILES string of the molecule is CCCNCc1ccccc1S(=O)(=O)N(C)C1CCSC1. The van der Waals surface area contributed by atoms with Gasteiger partial charge in [-0.15, -0.1) is 0 Å². The molecule has 0 amide bonds. The standard InChI is InChI=1S/C15H24N2O2S2/c1-3-9-16-11-13-6-4-5-7-15(13)21(18,19)17(2)14-8-10-20-12-14/h4-7,14,16H,3,8-12H2,1-2H3. The summed E-state index contributed by atoms with van der Waals surface area (Å²) in [6, 6.07) is 7.43. The Morgan fingerprint density at radius 1 is 1.38 bits per heavy atom. The highest BCUT2D eigenvalue weighted by Crippen LogP contribution is 2.27. The molecule has 1 aromatic rings. The van der Waals surface area contributed by atoms with Gasteiger partial charge < -0.3 is 5.32 Å². The first-order chi connectivity index (χ1) is 10.1. The van der Waals surface area contributed by atoms with Crippen molar-refractivity contribution in [3.05, 3.63) is 29.8 Å². The molecule has 0 saturated carbocycles. The maximum absolute atomic E-state index is 12.9. The lowest BCUT2D eigenvalue weighted by atomic mass is 10.2. The Morgan fingerprint density at radius 3 is 2.81 bits per heavy atom. The largest absolute Gasteiger partial charge is 0.313 e. The molecule has 4 nitrogen and oxygen atoms in total. The highest BCUT2D eigenvalue weighted by atomic mass is 32.2. The minimum Gasteiger partial charge on any atom is -0.313 e. The van der Waals surface area contributed by atoms with E-state index in [0.717, 1.165) is 36.5 Å². The molecular weight excluding hydrogens is 304 g/mol. The molecule has 1 atom stereocenters. The van der Waals surface area contributed by atoms with E-state index >= 15 is 0 Å². The van der Waals surface area contributed by atoms with Gasteiger partial charge in [0.15, 0.2) is 0 Å². The Hall–Kier alpha value is -0.560. The van der Waals surface area contributed by atoms with Crippen molar-refractivity contribution >= 4 is 21.8 Å². The maximum atomic E-state index is 12.9. The average molecular weight is 329 g/mol. The molecular formula is C15H24N2O2S2. The van der Waals surface area contributed by atoms with Crippen molar-refractivity contribution in [2.45, 2.75) is 37.2 Å². The molecule has 1 aromatic carbocycles. The maximum Gasteiger partial charge on any atom is 0.243 e. The number of rotatable bonds is 7. The van der Waals surface area contributed by atoms with Crippen LogP contribution in [0.3, 0.4) is 0 Å². The van der Waals surface area contributed by atoms with E-state index in [4.69, 9.17) is 0 Å². The second-order valence-corrected chi connectivity index (χ2v) is 8.44. The number of hydrogen-bond acceptors (Lipinski definition) is 4. The predicted molar refractivity (Wildman–Crippen MR) is 89.1 cm³/mol. The quantitative estimate of drug-likeness (QED) is 0.781. The van der Waals surface area contributed by atoms with E-state index < -0.39 is 10.0 Å². The van der Waals surface area contributed by atoms with Gasteiger partial charge in [0.1, 0.15) is 0 Å². The number of nitrogens with zero attached hydrogens (tertiary/aromatic N) is 1. The molecule has 2 rings (SSSR count). The van der Waals surface area contributed by atoms with E-state index in [1.807, 2.05) is 23.9 Å². The molecule has 1 N–H and O–H groups in total. The number of thioether (sulfide) groups is 1. The Morgan fingerprint density at radius 2 is 2.14 bits per heavy atom. The van der Waals surface area contributed by atoms with Gasteiger partial charge in [0.25, 0.3) is 0 Å². The van der Waals surface area contributed by atoms with Gasteiger partial charge in [0, 0.05) is 25.4 Å². The molecule has 1 aliphatic rings. The van der Waals surface area contributed by atoms with Crippen LogP contribution in [0.25, 0.3) is 0 Å². The van der Waals surface area contributed by atoms with Crippen molar-refractivity contribution in [3.63, 3.8) is 0 Å². The van der Waals surface area contributed by atoms with Crippen LogP contribution in [0.4, 0.5) is 0 Å². The first-order valence-electron chi connectivity index (χ1n) is 7.41. The van der Waals surface area contributed by atoms with E-state index in [1.165, 1.54) is 0 Å². The van der Waals surface area contributed by atoms with Gasteiger partial charge in [-0.05, 0) is 36.8 Å². The number of sulfonamides is 1. The summed E-state index contributed by atoms with van der Waals surface area (Å²) < 4.78 is 27.3. The lowest BCUT2D eigenvalue weighted by molar-refractivity contribution is 0.394. The molecule has 0 radical (unpaired) electrons. The van der Waals surface area contributed by atoms with E-state index in [2.05, 4.69) is 12.2 Å². The molecule has 0 aliphatic carbocycles. The van der Waals surface area contributed by atoms with Crippen LogP contribution in [0.2, 0.25) is 0 Å². The van der Waals surface area contributed by atoms with E-state index in [-0.39, 0.29) is 6.04 Å². The number of nitrogens with one attached hydrogen (secondary N) is 1. The van der Waals surface area contributed by atoms with E-state index in [1.54, 1.807) is 23.5 Å². The van der Waals surface area contributed by atoms with Crippen LogP contribution < -0.4 is 5.32 Å². The first-order valence-corrected chi connectivity index (χ1v) is 10.0. The molecule has 118 valence electrons. The van der Waals surface area contributed by atoms with Gasteiger partial charge in [0.05, 0.1) is 4.90 Å². The van der Waals surface area contributed by atoms with Crippen molar-refractivity contribution in [1.29, 1.82) is 0 Å². The fourth-order valence-electron chi connectivity index (χ4n) is 2.46. The van der Waals surface area contributed by atoms with Gasteiger partial charge in [-0.25, -0.2) is 8.42 Å². The Labute approximate surface area is 132 Å². The molecule has 1 saturated heterocycles. The Bertz CT molecular complexity index is 555. The number of hydrogen-bond donors (Lipinski definition) is 1. The van der Waals surface area contributed by atoms with Crippen LogP contribution in [-0.4, -0.2) is 43.9 Å². The molecule has 0 bridgehead atoms. The van der Waals surface area contributed by atoms with Gasteiger partial charge in [-0.3, -0.25) is 0 Å². The second kappa shape index (κ2) is 7.63. The van der Waals surface area contributed by atoms with Crippen molar-refractivity contribution in [2.24, 2.45) is 0 Å². The van der Waals surface area contributed by atoms with Gasteiger partial charge in [-0.1, -0.05) is 25.1 Å². The molecule has 1 aliphatic heterocycles. The third kappa shape index (κ3) is 4.00. The molecule has 0 aromatic heterocycles. The summed E-state index contributed by atoms with van der Waals surface area (Å²) in [5, 5.41) is 3.29. The third-order valence-electron chi connectivity index (χ3n) is 3.79. The summed E-state index contributed by atoms with van der Waals surface area (Å²) in [5.41, 5.74) is 0.850. The predicted octanol–water partition coefficient (Wildman–Crippen LogP) is 2.31. The minimum absolute atomic E-state index is 0.122. The first kappa shape index (κ1) is 16.8. The normalized spacial score (nSPS) is 19.3. The zero-order valence-electron chi connectivity index (χ0n) is 12.7.